The molecule has 1 fully saturated rings. The Labute approximate surface area is 177 Å². The van der Waals surface area contributed by atoms with Gasteiger partial charge in [-0.3, -0.25) is 4.79 Å². The van der Waals surface area contributed by atoms with Crippen LogP contribution in [0.25, 0.3) is 0 Å². The second-order valence-electron chi connectivity index (χ2n) is 7.46. The van der Waals surface area contributed by atoms with Crippen LogP contribution in [-0.4, -0.2) is 54.0 Å². The van der Waals surface area contributed by atoms with E-state index in [0.717, 1.165) is 15.4 Å². The van der Waals surface area contributed by atoms with Crippen LogP contribution in [0, 0.1) is 6.92 Å². The third kappa shape index (κ3) is 4.72. The van der Waals surface area contributed by atoms with Crippen LogP contribution in [-0.2, 0) is 24.8 Å². The zero-order valence-electron chi connectivity index (χ0n) is 17.1. The molecule has 1 saturated heterocycles. The first-order valence-electron chi connectivity index (χ1n) is 9.40. The molecule has 3 rings (SSSR count). The predicted molar refractivity (Wildman–Crippen MR) is 115 cm³/mol. The molecular weight excluding hydrogens is 426 g/mol. The van der Waals surface area contributed by atoms with Gasteiger partial charge in [-0.2, -0.15) is 0 Å². The van der Waals surface area contributed by atoms with Crippen LogP contribution >= 0.6 is 0 Å². The summed E-state index contributed by atoms with van der Waals surface area (Å²) in [4.78, 5) is 13.8. The lowest BCUT2D eigenvalue weighted by molar-refractivity contribution is -0.116. The molecule has 0 unspecified atom stereocenters. The summed E-state index contributed by atoms with van der Waals surface area (Å²) in [5.74, 6) is -0.756. The number of carbonyl (C=O) groups is 1. The molecule has 0 spiro atoms. The minimum Gasteiger partial charge on any atom is -0.301 e. The molecule has 1 N–H and O–H groups in total. The lowest BCUT2D eigenvalue weighted by Gasteiger charge is -2.25. The molecule has 0 aromatic heterocycles. The Morgan fingerprint density at radius 3 is 2.17 bits per heavy atom. The van der Waals surface area contributed by atoms with Gasteiger partial charge in [0.2, 0.25) is 26.0 Å². The summed E-state index contributed by atoms with van der Waals surface area (Å²) in [5, 5.41) is 0. The molecule has 0 aliphatic carbocycles. The number of hydrogen-bond donors (Lipinski definition) is 1. The smallest absolute Gasteiger partial charge is 0.242 e. The Morgan fingerprint density at radius 2 is 1.67 bits per heavy atom. The van der Waals surface area contributed by atoms with Crippen molar-refractivity contribution < 1.29 is 21.6 Å². The van der Waals surface area contributed by atoms with Crippen molar-refractivity contribution in [2.75, 3.05) is 30.7 Å². The first-order valence-corrected chi connectivity index (χ1v) is 12.5. The second-order valence-corrected chi connectivity index (χ2v) is 11.2. The summed E-state index contributed by atoms with van der Waals surface area (Å²) < 4.78 is 52.9. The Kier molecular flexibility index (Phi) is 6.32. The van der Waals surface area contributed by atoms with Crippen LogP contribution in [0.1, 0.15) is 23.6 Å². The molecule has 30 heavy (non-hydrogen) atoms. The molecule has 8 nitrogen and oxygen atoms in total. The Morgan fingerprint density at radius 1 is 1.07 bits per heavy atom. The van der Waals surface area contributed by atoms with E-state index in [9.17, 15) is 21.6 Å². The van der Waals surface area contributed by atoms with E-state index in [1.807, 2.05) is 50.2 Å². The molecule has 162 valence electrons. The predicted octanol–water partition coefficient (Wildman–Crippen LogP) is 1.64. The fourth-order valence-electron chi connectivity index (χ4n) is 3.29. The summed E-state index contributed by atoms with van der Waals surface area (Å²) in [7, 11) is -3.75. The first-order chi connectivity index (χ1) is 14.0. The number of aryl methyl sites for hydroxylation is 1. The third-order valence-corrected chi connectivity index (χ3v) is 8.14. The van der Waals surface area contributed by atoms with Crippen molar-refractivity contribution in [3.63, 3.8) is 0 Å². The zero-order valence-corrected chi connectivity index (χ0v) is 18.7. The summed E-state index contributed by atoms with van der Waals surface area (Å²) in [6.07, 6.45) is -0.0745. The maximum absolute atomic E-state index is 12.7. The van der Waals surface area contributed by atoms with Crippen molar-refractivity contribution in [2.24, 2.45) is 0 Å². The fourth-order valence-corrected chi connectivity index (χ4v) is 5.79. The molecule has 2 aromatic rings. The van der Waals surface area contributed by atoms with Crippen LogP contribution in [0.5, 0.6) is 0 Å². The van der Waals surface area contributed by atoms with Crippen molar-refractivity contribution in [3.05, 3.63) is 59.7 Å². The van der Waals surface area contributed by atoms with Crippen LogP contribution in [0.15, 0.2) is 53.4 Å². The van der Waals surface area contributed by atoms with Crippen molar-refractivity contribution in [1.29, 1.82) is 0 Å². The molecule has 1 atom stereocenters. The van der Waals surface area contributed by atoms with E-state index in [2.05, 4.69) is 4.72 Å². The molecule has 2 aromatic carbocycles. The molecular formula is C20H25N3O5S2. The summed E-state index contributed by atoms with van der Waals surface area (Å²) in [6.45, 7) is 2.15. The van der Waals surface area contributed by atoms with Crippen molar-refractivity contribution >= 4 is 31.6 Å². The highest BCUT2D eigenvalue weighted by molar-refractivity contribution is 7.94. The second kappa shape index (κ2) is 8.46. The van der Waals surface area contributed by atoms with Crippen LogP contribution < -0.4 is 9.03 Å². The highest BCUT2D eigenvalue weighted by Crippen LogP contribution is 2.26. The minimum absolute atomic E-state index is 0.00305. The highest BCUT2D eigenvalue weighted by atomic mass is 32.2. The van der Waals surface area contributed by atoms with Gasteiger partial charge in [0.15, 0.2) is 0 Å². The number of benzene rings is 2. The highest BCUT2D eigenvalue weighted by Gasteiger charge is 2.36. The maximum Gasteiger partial charge on any atom is 0.242 e. The van der Waals surface area contributed by atoms with Crippen LogP contribution in [0.2, 0.25) is 0 Å². The van der Waals surface area contributed by atoms with Gasteiger partial charge in [-0.05, 0) is 50.8 Å². The number of sulfonamides is 2. The number of likely N-dealkylation sites (N-methyl/N-ethyl adjacent to an activating group) is 1. The monoisotopic (exact) mass is 451 g/mol. The molecule has 1 amide bonds. The number of rotatable bonds is 7. The Bertz CT molecular complexity index is 1130. The van der Waals surface area contributed by atoms with Gasteiger partial charge in [0.05, 0.1) is 16.3 Å². The number of nitrogens with zero attached hydrogens (tertiary/aromatic N) is 2. The SMILES string of the molecule is Cc1ccc([C@H](CNS(=O)(=O)c2ccc(N3C(=O)CCS3(=O)=O)cc2)N(C)C)cc1. The quantitative estimate of drug-likeness (QED) is 0.686. The summed E-state index contributed by atoms with van der Waals surface area (Å²) in [5.41, 5.74) is 2.25. The van der Waals surface area contributed by atoms with Gasteiger partial charge in [-0.15, -0.1) is 0 Å². The van der Waals surface area contributed by atoms with Crippen molar-refractivity contribution in [3.8, 4) is 0 Å². The number of amides is 1. The van der Waals surface area contributed by atoms with Gasteiger partial charge in [-0.25, -0.2) is 25.9 Å². The topological polar surface area (TPSA) is 104 Å². The van der Waals surface area contributed by atoms with Crippen LogP contribution in [0.4, 0.5) is 5.69 Å². The average molecular weight is 452 g/mol. The normalized spacial score (nSPS) is 17.5. The number of hydrogen-bond acceptors (Lipinski definition) is 6. The first kappa shape index (κ1) is 22.4. The number of nitrogens with one attached hydrogen (secondary N) is 1. The van der Waals surface area contributed by atoms with Gasteiger partial charge < -0.3 is 4.90 Å². The van der Waals surface area contributed by atoms with Crippen molar-refractivity contribution in [2.45, 2.75) is 24.3 Å². The number of carbonyl (C=O) groups excluding carboxylic acids is 1. The van der Waals surface area contributed by atoms with E-state index >= 15 is 0 Å². The molecule has 0 bridgehead atoms. The molecule has 10 heteroatoms. The largest absolute Gasteiger partial charge is 0.301 e. The van der Waals surface area contributed by atoms with Gasteiger partial charge in [0, 0.05) is 19.0 Å². The number of anilines is 1. The van der Waals surface area contributed by atoms with Gasteiger partial charge in [0.1, 0.15) is 0 Å². The van der Waals surface area contributed by atoms with Gasteiger partial charge in [0.25, 0.3) is 0 Å². The summed E-state index contributed by atoms with van der Waals surface area (Å²) in [6, 6.07) is 13.0. The van der Waals surface area contributed by atoms with Crippen LogP contribution in [0.3, 0.4) is 0 Å². The molecule has 0 radical (unpaired) electrons. The van der Waals surface area contributed by atoms with E-state index in [1.165, 1.54) is 24.3 Å². The zero-order chi connectivity index (χ0) is 22.1. The van der Waals surface area contributed by atoms with Gasteiger partial charge in [-0.1, -0.05) is 29.8 Å². The van der Waals surface area contributed by atoms with E-state index in [-0.39, 0.29) is 35.3 Å². The average Bonchev–Trinajstić information content (AvgIpc) is 2.95. The molecule has 0 saturated carbocycles. The van der Waals surface area contributed by atoms with E-state index in [4.69, 9.17) is 0 Å². The Hall–Kier alpha value is -2.27. The Balaban J connectivity index is 1.76. The minimum atomic E-state index is -3.82. The lowest BCUT2D eigenvalue weighted by Crippen LogP contribution is -2.34. The van der Waals surface area contributed by atoms with Crippen molar-refractivity contribution in [1.82, 2.24) is 9.62 Å². The summed E-state index contributed by atoms with van der Waals surface area (Å²) >= 11 is 0. The molecule has 1 aliphatic rings. The third-order valence-electron chi connectivity index (χ3n) is 5.01. The van der Waals surface area contributed by atoms with Gasteiger partial charge >= 0.3 is 0 Å². The van der Waals surface area contributed by atoms with E-state index < -0.39 is 26.0 Å². The standard InChI is InChI=1S/C20H25N3O5S2/c1-15-4-6-16(7-5-15)19(22(2)3)14-21-30(27,28)18-10-8-17(9-11-18)23-20(24)12-13-29(23,25)26/h4-11,19,21H,12-14H2,1-3H3/t19-/m0/s1. The lowest BCUT2D eigenvalue weighted by atomic mass is 10.0. The molecule has 1 aliphatic heterocycles. The molecule has 1 heterocycles. The van der Waals surface area contributed by atoms with E-state index in [1.54, 1.807) is 0 Å². The maximum atomic E-state index is 12.7. The fraction of sp³-hybridized carbons (Fsp3) is 0.350. The van der Waals surface area contributed by atoms with E-state index in [0.29, 0.717) is 0 Å².